The Kier molecular flexibility index (Phi) is 10.2. The molecule has 0 aliphatic rings. The van der Waals surface area contributed by atoms with Crippen LogP contribution in [0.2, 0.25) is 5.02 Å². The highest BCUT2D eigenvalue weighted by Crippen LogP contribution is 2.33. The molecular formula is C37H25ClN10O4. The third-order valence-electron chi connectivity index (χ3n) is 7.44. The fourth-order valence-corrected chi connectivity index (χ4v) is 5.16. The van der Waals surface area contributed by atoms with E-state index in [0.29, 0.717) is 39.1 Å². The molecule has 14 nitrogen and oxygen atoms in total. The van der Waals surface area contributed by atoms with Crippen molar-refractivity contribution in [3.63, 3.8) is 0 Å². The summed E-state index contributed by atoms with van der Waals surface area (Å²) < 4.78 is 11.1. The van der Waals surface area contributed by atoms with Crippen LogP contribution in [0.15, 0.2) is 104 Å². The molecule has 3 heterocycles. The molecule has 0 aliphatic carbocycles. The monoisotopic (exact) mass is 708 g/mol. The van der Waals surface area contributed by atoms with Crippen LogP contribution in [0.1, 0.15) is 32.0 Å². The number of rotatable bonds is 10. The van der Waals surface area contributed by atoms with Crippen LogP contribution in [0.4, 0.5) is 22.7 Å². The van der Waals surface area contributed by atoms with E-state index in [1.165, 1.54) is 62.4 Å². The van der Waals surface area contributed by atoms with Crippen molar-refractivity contribution in [3.05, 3.63) is 131 Å². The van der Waals surface area contributed by atoms with Crippen molar-refractivity contribution < 1.29 is 19.1 Å². The number of hydrogen-bond acceptors (Lipinski definition) is 12. The summed E-state index contributed by atoms with van der Waals surface area (Å²) in [4.78, 5) is 48.9. The number of hydrogen-bond donors (Lipinski definition) is 2. The van der Waals surface area contributed by atoms with Gasteiger partial charge in [-0.25, -0.2) is 19.9 Å². The van der Waals surface area contributed by atoms with Gasteiger partial charge in [-0.3, -0.25) is 14.6 Å². The number of halogens is 1. The first kappa shape index (κ1) is 34.4. The Labute approximate surface area is 302 Å². The van der Waals surface area contributed by atoms with Crippen LogP contribution in [0.5, 0.6) is 17.2 Å². The van der Waals surface area contributed by atoms with Crippen molar-refractivity contribution in [2.24, 2.45) is 0 Å². The summed E-state index contributed by atoms with van der Waals surface area (Å²) in [7, 11) is 3.28. The lowest BCUT2D eigenvalue weighted by molar-refractivity contribution is 0.101. The Morgan fingerprint density at radius 3 is 2.23 bits per heavy atom. The van der Waals surface area contributed by atoms with Gasteiger partial charge in [0.2, 0.25) is 0 Å². The zero-order valence-electron chi connectivity index (χ0n) is 27.4. The van der Waals surface area contributed by atoms with E-state index in [1.807, 2.05) is 6.07 Å². The Balaban J connectivity index is 1.18. The molecule has 0 bridgehead atoms. The van der Waals surface area contributed by atoms with Gasteiger partial charge in [-0.1, -0.05) is 11.6 Å². The number of nitrogens with zero attached hydrogens (tertiary/aromatic N) is 8. The van der Waals surface area contributed by atoms with E-state index >= 15 is 0 Å². The smallest absolute Gasteiger partial charge is 0.274 e. The highest BCUT2D eigenvalue weighted by Gasteiger charge is 2.16. The lowest BCUT2D eigenvalue weighted by Crippen LogP contribution is -2.14. The lowest BCUT2D eigenvalue weighted by atomic mass is 10.0. The van der Waals surface area contributed by atoms with Gasteiger partial charge >= 0.3 is 0 Å². The molecule has 0 radical (unpaired) electrons. The molecule has 0 aliphatic heterocycles. The molecule has 0 unspecified atom stereocenters. The lowest BCUT2D eigenvalue weighted by Gasteiger charge is -2.21. The molecule has 0 saturated heterocycles. The maximum absolute atomic E-state index is 13.4. The average Bonchev–Trinajstić information content (AvgIpc) is 3.18. The summed E-state index contributed by atoms with van der Waals surface area (Å²) in [6.07, 6.45) is 8.95. The molecule has 3 aromatic heterocycles. The minimum absolute atomic E-state index is 0.121. The number of pyridine rings is 1. The van der Waals surface area contributed by atoms with E-state index in [0.717, 1.165) is 0 Å². The normalized spacial score (nSPS) is 10.3. The first-order chi connectivity index (χ1) is 25.2. The van der Waals surface area contributed by atoms with E-state index < -0.39 is 11.8 Å². The van der Waals surface area contributed by atoms with Crippen LogP contribution < -0.4 is 25.0 Å². The fourth-order valence-electron chi connectivity index (χ4n) is 4.91. The molecule has 0 saturated carbocycles. The molecule has 0 atom stereocenters. The van der Waals surface area contributed by atoms with Gasteiger partial charge in [-0.15, -0.1) is 0 Å². The number of nitrogens with one attached hydrogen (secondary N) is 2. The van der Waals surface area contributed by atoms with Gasteiger partial charge in [0.25, 0.3) is 11.8 Å². The summed E-state index contributed by atoms with van der Waals surface area (Å²) in [6.45, 7) is 0. The van der Waals surface area contributed by atoms with Gasteiger partial charge in [0.1, 0.15) is 23.5 Å². The molecule has 15 heteroatoms. The van der Waals surface area contributed by atoms with Gasteiger partial charge in [0, 0.05) is 47.9 Å². The van der Waals surface area contributed by atoms with Crippen molar-refractivity contribution >= 4 is 46.2 Å². The number of methoxy groups -OCH3 is 1. The van der Waals surface area contributed by atoms with Crippen LogP contribution in [0.3, 0.4) is 0 Å². The third kappa shape index (κ3) is 8.06. The van der Waals surface area contributed by atoms with Crippen molar-refractivity contribution in [2.75, 3.05) is 29.7 Å². The molecule has 6 rings (SSSR count). The summed E-state index contributed by atoms with van der Waals surface area (Å²) in [5.74, 6) is 0.176. The number of carbonyl (C=O) groups excluding carboxylic acids is 2. The largest absolute Gasteiger partial charge is 0.497 e. The van der Waals surface area contributed by atoms with Gasteiger partial charge in [-0.05, 0) is 54.6 Å². The van der Waals surface area contributed by atoms with Crippen LogP contribution in [-0.2, 0) is 0 Å². The van der Waals surface area contributed by atoms with E-state index in [1.54, 1.807) is 60.7 Å². The molecule has 3 aromatic carbocycles. The SMILES string of the molecule is COc1ccnc(C(=O)Nc2cc(C#N)cc(Oc3cnc(-c4cc(C#N)cc(C(=O)Nc5ccc(Cl)c(N(C)c6cncnc6)c5)c4)nc3)c2)c1. The minimum Gasteiger partial charge on any atom is -0.497 e. The second-order valence-electron chi connectivity index (χ2n) is 10.9. The van der Waals surface area contributed by atoms with E-state index in [4.69, 9.17) is 21.1 Å². The molecule has 2 N–H and O–H groups in total. The number of amides is 2. The number of anilines is 4. The fraction of sp³-hybridized carbons (Fsp3) is 0.0541. The van der Waals surface area contributed by atoms with Crippen LogP contribution in [0.25, 0.3) is 11.4 Å². The van der Waals surface area contributed by atoms with E-state index in [2.05, 4.69) is 41.6 Å². The highest BCUT2D eigenvalue weighted by atomic mass is 35.5. The van der Waals surface area contributed by atoms with Crippen molar-refractivity contribution in [2.45, 2.75) is 0 Å². The minimum atomic E-state index is -0.510. The van der Waals surface area contributed by atoms with Crippen LogP contribution >= 0.6 is 11.6 Å². The number of nitriles is 2. The van der Waals surface area contributed by atoms with Crippen molar-refractivity contribution in [1.82, 2.24) is 24.9 Å². The maximum atomic E-state index is 13.4. The molecule has 52 heavy (non-hydrogen) atoms. The predicted octanol–water partition coefficient (Wildman–Crippen LogP) is 6.80. The van der Waals surface area contributed by atoms with Gasteiger partial charge < -0.3 is 25.0 Å². The quantitative estimate of drug-likeness (QED) is 0.151. The Morgan fingerprint density at radius 2 is 1.50 bits per heavy atom. The number of aromatic nitrogens is 5. The molecule has 0 spiro atoms. The summed E-state index contributed by atoms with van der Waals surface area (Å²) >= 11 is 6.46. The number of ether oxygens (including phenoxy) is 2. The topological polar surface area (TPSA) is 192 Å². The van der Waals surface area contributed by atoms with E-state index in [-0.39, 0.29) is 39.7 Å². The standard InChI is InChI=1S/C37H25ClN10O4/c1-48(28-17-41-21-42-18-28)34-13-26(3-4-32(34)38)46-36(49)25-8-22(15-39)7-24(11-25)35-44-19-31(20-45-35)52-30-10-23(16-40)9-27(12-30)47-37(50)33-14-29(51-2)5-6-43-33/h3-14,17-21H,1-2H3,(H,46,49)(H,47,50). The first-order valence-corrected chi connectivity index (χ1v) is 15.6. The zero-order chi connectivity index (χ0) is 36.6. The third-order valence-corrected chi connectivity index (χ3v) is 7.76. The van der Waals surface area contributed by atoms with Gasteiger partial charge in [0.15, 0.2) is 11.6 Å². The number of benzene rings is 3. The summed E-state index contributed by atoms with van der Waals surface area (Å²) in [6, 6.07) is 21.4. The Hall–Kier alpha value is -7.42. The van der Waals surface area contributed by atoms with Crippen molar-refractivity contribution in [3.8, 4) is 40.8 Å². The molecule has 6 aromatic rings. The first-order valence-electron chi connectivity index (χ1n) is 15.2. The van der Waals surface area contributed by atoms with Gasteiger partial charge in [0.05, 0.1) is 71.6 Å². The van der Waals surface area contributed by atoms with Crippen LogP contribution in [0, 0.1) is 22.7 Å². The second-order valence-corrected chi connectivity index (χ2v) is 11.3. The number of carbonyl (C=O) groups is 2. The summed E-state index contributed by atoms with van der Waals surface area (Å²) in [5, 5.41) is 25.3. The molecule has 254 valence electrons. The second kappa shape index (κ2) is 15.4. The Morgan fingerprint density at radius 1 is 0.769 bits per heavy atom. The van der Waals surface area contributed by atoms with Crippen molar-refractivity contribution in [1.29, 1.82) is 10.5 Å². The molecular weight excluding hydrogens is 684 g/mol. The Bertz CT molecular complexity index is 2380. The van der Waals surface area contributed by atoms with Gasteiger partial charge in [-0.2, -0.15) is 10.5 Å². The maximum Gasteiger partial charge on any atom is 0.274 e. The van der Waals surface area contributed by atoms with Crippen LogP contribution in [-0.4, -0.2) is 50.9 Å². The highest BCUT2D eigenvalue weighted by molar-refractivity contribution is 6.33. The summed E-state index contributed by atoms with van der Waals surface area (Å²) in [5.41, 5.74) is 3.27. The van der Waals surface area contributed by atoms with E-state index in [9.17, 15) is 20.1 Å². The zero-order valence-corrected chi connectivity index (χ0v) is 28.2. The molecule has 0 fully saturated rings. The average molecular weight is 709 g/mol. The molecule has 2 amide bonds. The predicted molar refractivity (Wildman–Crippen MR) is 192 cm³/mol.